The molecule has 0 fully saturated rings. The molecule has 0 radical (unpaired) electrons. The Hall–Kier alpha value is 0.716. The van der Waals surface area contributed by atoms with Gasteiger partial charge in [-0.15, -0.1) is 0 Å². The summed E-state index contributed by atoms with van der Waals surface area (Å²) >= 11 is 1.99. The van der Waals surface area contributed by atoms with E-state index in [1.54, 1.807) is 0 Å². The van der Waals surface area contributed by atoms with E-state index in [0.717, 1.165) is 0 Å². The van der Waals surface area contributed by atoms with E-state index in [-0.39, 0.29) is 24.0 Å². The van der Waals surface area contributed by atoms with Gasteiger partial charge < -0.3 is 24.0 Å². The Bertz CT molecular complexity index is 181. The topological polar surface area (TPSA) is 0 Å². The molecule has 0 unspecified atom stereocenters. The van der Waals surface area contributed by atoms with Crippen LogP contribution in [-0.2, 0) is 4.55 Å². The van der Waals surface area contributed by atoms with Crippen LogP contribution in [0.15, 0.2) is 24.3 Å². The maximum Gasteiger partial charge on any atom is -1.00 e. The zero-order valence-electron chi connectivity index (χ0n) is 6.10. The van der Waals surface area contributed by atoms with Crippen LogP contribution in [0.1, 0.15) is 11.1 Å². The summed E-state index contributed by atoms with van der Waals surface area (Å²) in [6.07, 6.45) is 0. The summed E-state index contributed by atoms with van der Waals surface area (Å²) in [6, 6.07) is 8.68. The molecule has 0 N–H and O–H groups in total. The smallest absolute Gasteiger partial charge is 1.00 e. The first-order valence-corrected chi connectivity index (χ1v) is 4.17. The fourth-order valence-electron chi connectivity index (χ4n) is 0.755. The van der Waals surface area contributed by atoms with Gasteiger partial charge in [0.25, 0.3) is 0 Å². The number of benzene rings is 1. The first-order valence-electron chi connectivity index (χ1n) is 3.17. The average molecular weight is 256 g/mol. The van der Waals surface area contributed by atoms with Crippen molar-refractivity contribution < 1.29 is 24.0 Å². The van der Waals surface area contributed by atoms with Gasteiger partial charge in [-0.25, -0.2) is 0 Å². The zero-order chi connectivity index (χ0) is 6.69. The van der Waals surface area contributed by atoms with Crippen molar-refractivity contribution >= 4 is 21.7 Å². The van der Waals surface area contributed by atoms with Crippen LogP contribution >= 0.6 is 0 Å². The Morgan fingerprint density at radius 2 is 1.70 bits per heavy atom. The van der Waals surface area contributed by atoms with Crippen LogP contribution in [0.25, 0.3) is 0 Å². The zero-order valence-corrected chi connectivity index (χ0v) is 9.67. The molecule has 1 aromatic rings. The van der Waals surface area contributed by atoms with Gasteiger partial charge >= 0.3 is 68.6 Å². The van der Waals surface area contributed by atoms with E-state index >= 15 is 0 Å². The molecule has 10 heavy (non-hydrogen) atoms. The molecule has 0 aliphatic heterocycles. The number of aryl methyl sites for hydroxylation is 1. The van der Waals surface area contributed by atoms with E-state index < -0.39 is 0 Å². The minimum absolute atomic E-state index is 0. The molecule has 0 spiro atoms. The quantitative estimate of drug-likeness (QED) is 0.431. The van der Waals surface area contributed by atoms with Crippen LogP contribution in [0, 0.1) is 6.92 Å². The molecule has 0 bridgehead atoms. The minimum atomic E-state index is 0. The number of rotatable bonds is 1. The minimum Gasteiger partial charge on any atom is -1.00 e. The molecule has 0 nitrogen and oxygen atoms in total. The first kappa shape index (κ1) is 10.7. The van der Waals surface area contributed by atoms with Gasteiger partial charge in [-0.05, 0) is 0 Å². The monoisotopic (exact) mass is 256 g/mol. The van der Waals surface area contributed by atoms with Crippen molar-refractivity contribution in [3.63, 3.8) is 0 Å². The van der Waals surface area contributed by atoms with Crippen LogP contribution in [0.3, 0.4) is 0 Å². The number of hydrogen-bond acceptors (Lipinski definition) is 0. The number of hydrogen-bond donors (Lipinski definition) is 0. The van der Waals surface area contributed by atoms with Crippen molar-refractivity contribution in [2.45, 2.75) is 11.5 Å². The van der Waals surface area contributed by atoms with Crippen LogP contribution in [-0.4, -0.2) is 21.7 Å². The second-order valence-corrected chi connectivity index (χ2v) is 2.74. The van der Waals surface area contributed by atoms with Gasteiger partial charge in [0.05, 0.1) is 0 Å². The van der Waals surface area contributed by atoms with Gasteiger partial charge in [0.15, 0.2) is 0 Å². The average Bonchev–Trinajstić information content (AvgIpc) is 1.90. The van der Waals surface area contributed by atoms with Gasteiger partial charge in [-0.3, -0.25) is 0 Å². The van der Waals surface area contributed by atoms with Crippen molar-refractivity contribution in [1.82, 2.24) is 0 Å². The van der Waals surface area contributed by atoms with Crippen LogP contribution < -0.4 is 24.0 Å². The third-order valence-corrected chi connectivity index (χ3v) is 1.99. The van der Waals surface area contributed by atoms with Gasteiger partial charge in [-0.1, -0.05) is 0 Å². The molecule has 0 aromatic heterocycles. The molecule has 0 saturated heterocycles. The van der Waals surface area contributed by atoms with Gasteiger partial charge in [0.1, 0.15) is 0 Å². The molecule has 2 heteroatoms. The third-order valence-electron chi connectivity index (χ3n) is 1.41. The van der Waals surface area contributed by atoms with E-state index in [1.165, 1.54) is 15.7 Å². The van der Waals surface area contributed by atoms with Crippen LogP contribution in [0.5, 0.6) is 0 Å². The molecule has 1 aromatic carbocycles. The van der Waals surface area contributed by atoms with E-state index in [4.69, 9.17) is 0 Å². The summed E-state index contributed by atoms with van der Waals surface area (Å²) in [6.45, 7) is 2.11. The maximum atomic E-state index is 2.18. The summed E-state index contributed by atoms with van der Waals surface area (Å²) in [5.74, 6) is 0. The van der Waals surface area contributed by atoms with E-state index in [1.807, 2.05) is 21.7 Å². The molecule has 0 aliphatic carbocycles. The molecule has 1 rings (SSSR count). The van der Waals surface area contributed by atoms with Crippen molar-refractivity contribution in [3.8, 4) is 0 Å². The Labute approximate surface area is 91.9 Å². The summed E-state index contributed by atoms with van der Waals surface area (Å²) in [5, 5.41) is 0. The third kappa shape index (κ3) is 3.21. The fourth-order valence-corrected chi connectivity index (χ4v) is 1.09. The summed E-state index contributed by atoms with van der Waals surface area (Å²) in [4.78, 5) is 0. The van der Waals surface area contributed by atoms with E-state index in [0.29, 0.717) is 0 Å². The van der Waals surface area contributed by atoms with E-state index in [2.05, 4.69) is 31.2 Å². The molecule has 0 atom stereocenters. The SMILES string of the molecule is Cc1ccc([CH2][Mg+])cc1.[I-]. The molecule has 50 valence electrons. The van der Waals surface area contributed by atoms with Crippen molar-refractivity contribution in [3.05, 3.63) is 35.4 Å². The predicted octanol–water partition coefficient (Wildman–Crippen LogP) is -1.33. The molecule has 0 heterocycles. The number of halogens is 1. The largest absolute Gasteiger partial charge is 1.00 e. The molecular formula is C8H9IMg. The fraction of sp³-hybridized carbons (Fsp3) is 0.250. The summed E-state index contributed by atoms with van der Waals surface area (Å²) in [7, 11) is 0. The molecular weight excluding hydrogens is 247 g/mol. The maximum absolute atomic E-state index is 2.18. The molecule has 0 aliphatic rings. The Kier molecular flexibility index (Phi) is 5.76. The van der Waals surface area contributed by atoms with E-state index in [9.17, 15) is 0 Å². The first-order chi connectivity index (χ1) is 4.33. The van der Waals surface area contributed by atoms with Gasteiger partial charge in [0, 0.05) is 0 Å². The van der Waals surface area contributed by atoms with Crippen molar-refractivity contribution in [1.29, 1.82) is 0 Å². The predicted molar refractivity (Wildman–Crippen MR) is 40.6 cm³/mol. The van der Waals surface area contributed by atoms with Gasteiger partial charge in [0.2, 0.25) is 0 Å². The Morgan fingerprint density at radius 1 is 1.20 bits per heavy atom. The summed E-state index contributed by atoms with van der Waals surface area (Å²) < 4.78 is 1.17. The van der Waals surface area contributed by atoms with Crippen molar-refractivity contribution in [2.75, 3.05) is 0 Å². The molecule has 0 amide bonds. The molecule has 0 saturated carbocycles. The second kappa shape index (κ2) is 5.38. The standard InChI is InChI=1S/C8H9.HI.Mg/c1-7-3-5-8(2)6-4-7;;/h3-6H,1H2,2H3;1H;/q;;+1/p-1. The second-order valence-electron chi connectivity index (χ2n) is 2.24. The van der Waals surface area contributed by atoms with Crippen molar-refractivity contribution in [2.24, 2.45) is 0 Å². The van der Waals surface area contributed by atoms with Gasteiger partial charge in [-0.2, -0.15) is 0 Å². The van der Waals surface area contributed by atoms with Crippen LogP contribution in [0.4, 0.5) is 0 Å². The Balaban J connectivity index is 0.000000810. The van der Waals surface area contributed by atoms with Crippen LogP contribution in [0.2, 0.25) is 0 Å². The Morgan fingerprint density at radius 3 is 2.10 bits per heavy atom. The summed E-state index contributed by atoms with van der Waals surface area (Å²) in [5.41, 5.74) is 2.77. The normalized spacial score (nSPS) is 8.70.